The van der Waals surface area contributed by atoms with Crippen molar-refractivity contribution in [2.24, 2.45) is 0 Å². The monoisotopic (exact) mass is 245 g/mol. The summed E-state index contributed by atoms with van der Waals surface area (Å²) in [5, 5.41) is 0. The first-order valence-electron chi connectivity index (χ1n) is 5.85. The van der Waals surface area contributed by atoms with E-state index in [0.29, 0.717) is 23.6 Å². The molecule has 2 rings (SSSR count). The van der Waals surface area contributed by atoms with Crippen molar-refractivity contribution >= 4 is 0 Å². The molecule has 0 aromatic carbocycles. The molecule has 2 aromatic rings. The maximum absolute atomic E-state index is 11.5. The van der Waals surface area contributed by atoms with E-state index in [-0.39, 0.29) is 5.56 Å². The van der Waals surface area contributed by atoms with E-state index in [1.54, 1.807) is 19.3 Å². The molecule has 0 saturated heterocycles. The summed E-state index contributed by atoms with van der Waals surface area (Å²) < 4.78 is 5.51. The predicted octanol–water partition coefficient (Wildman–Crippen LogP) is 1.93. The third-order valence-corrected chi connectivity index (χ3v) is 2.54. The van der Waals surface area contributed by atoms with Gasteiger partial charge in [-0.3, -0.25) is 9.78 Å². The Morgan fingerprint density at radius 3 is 3.00 bits per heavy atom. The van der Waals surface area contributed by atoms with E-state index in [0.717, 1.165) is 12.0 Å². The first kappa shape index (κ1) is 12.3. The molecule has 0 aliphatic rings. The van der Waals surface area contributed by atoms with Crippen LogP contribution in [0.1, 0.15) is 18.9 Å². The lowest BCUT2D eigenvalue weighted by molar-refractivity contribution is 0.316. The van der Waals surface area contributed by atoms with Crippen LogP contribution in [0.5, 0.6) is 5.75 Å². The highest BCUT2D eigenvalue weighted by Gasteiger charge is 2.07. The zero-order chi connectivity index (χ0) is 13.0. The molecule has 0 spiro atoms. The maximum atomic E-state index is 11.5. The van der Waals surface area contributed by atoms with Gasteiger partial charge in [0, 0.05) is 17.3 Å². The topological polar surface area (TPSA) is 67.9 Å². The van der Waals surface area contributed by atoms with E-state index < -0.39 is 0 Å². The van der Waals surface area contributed by atoms with Gasteiger partial charge in [0.25, 0.3) is 5.56 Å². The molecule has 2 heterocycles. The molecular weight excluding hydrogens is 230 g/mol. The summed E-state index contributed by atoms with van der Waals surface area (Å²) in [6, 6.07) is 1.84. The third-order valence-electron chi connectivity index (χ3n) is 2.54. The van der Waals surface area contributed by atoms with E-state index in [2.05, 4.69) is 15.0 Å². The molecule has 1 N–H and O–H groups in total. The third kappa shape index (κ3) is 2.56. The average Bonchev–Trinajstić information content (AvgIpc) is 2.40. The summed E-state index contributed by atoms with van der Waals surface area (Å²) in [6.07, 6.45) is 5.66. The fraction of sp³-hybridized carbons (Fsp3) is 0.308. The first-order valence-corrected chi connectivity index (χ1v) is 5.85. The number of H-pyrrole nitrogens is 1. The van der Waals surface area contributed by atoms with Crippen LogP contribution in [0.4, 0.5) is 0 Å². The second kappa shape index (κ2) is 5.44. The zero-order valence-electron chi connectivity index (χ0n) is 10.4. The van der Waals surface area contributed by atoms with Crippen LogP contribution in [0.15, 0.2) is 29.6 Å². The lowest BCUT2D eigenvalue weighted by Crippen LogP contribution is -2.11. The number of pyridine rings is 1. The SMILES string of the molecule is CCCOc1cncc(-c2nc[nH]c(=O)c2C)c1. The number of aromatic nitrogens is 3. The molecule has 0 atom stereocenters. The molecule has 0 radical (unpaired) electrons. The van der Waals surface area contributed by atoms with Crippen molar-refractivity contribution in [3.05, 3.63) is 40.7 Å². The molecule has 0 bridgehead atoms. The van der Waals surface area contributed by atoms with Crippen molar-refractivity contribution < 1.29 is 4.74 Å². The van der Waals surface area contributed by atoms with Gasteiger partial charge in [0.1, 0.15) is 5.75 Å². The Morgan fingerprint density at radius 1 is 1.39 bits per heavy atom. The number of ether oxygens (including phenoxy) is 1. The molecule has 0 fully saturated rings. The summed E-state index contributed by atoms with van der Waals surface area (Å²) in [6.45, 7) is 4.42. The van der Waals surface area contributed by atoms with E-state index in [1.165, 1.54) is 6.33 Å². The van der Waals surface area contributed by atoms with Gasteiger partial charge in [-0.2, -0.15) is 0 Å². The summed E-state index contributed by atoms with van der Waals surface area (Å²) in [7, 11) is 0. The van der Waals surface area contributed by atoms with Gasteiger partial charge in [-0.25, -0.2) is 4.98 Å². The van der Waals surface area contributed by atoms with Crippen molar-refractivity contribution in [1.29, 1.82) is 0 Å². The van der Waals surface area contributed by atoms with Gasteiger partial charge in [-0.1, -0.05) is 6.92 Å². The smallest absolute Gasteiger partial charge is 0.254 e. The van der Waals surface area contributed by atoms with Gasteiger partial charge in [0.05, 0.1) is 24.8 Å². The van der Waals surface area contributed by atoms with Gasteiger partial charge < -0.3 is 9.72 Å². The lowest BCUT2D eigenvalue weighted by atomic mass is 10.1. The Morgan fingerprint density at radius 2 is 2.22 bits per heavy atom. The van der Waals surface area contributed by atoms with Crippen molar-refractivity contribution in [3.63, 3.8) is 0 Å². The highest BCUT2D eigenvalue weighted by Crippen LogP contribution is 2.21. The molecular formula is C13H15N3O2. The molecule has 18 heavy (non-hydrogen) atoms. The van der Waals surface area contributed by atoms with E-state index >= 15 is 0 Å². The van der Waals surface area contributed by atoms with E-state index in [9.17, 15) is 4.79 Å². The van der Waals surface area contributed by atoms with Gasteiger partial charge in [-0.05, 0) is 19.4 Å². The fourth-order valence-electron chi connectivity index (χ4n) is 1.61. The summed E-state index contributed by atoms with van der Waals surface area (Å²) in [4.78, 5) is 22.4. The number of aromatic amines is 1. The van der Waals surface area contributed by atoms with Crippen LogP contribution in [-0.2, 0) is 0 Å². The summed E-state index contributed by atoms with van der Waals surface area (Å²) in [5.41, 5.74) is 1.85. The van der Waals surface area contributed by atoms with Gasteiger partial charge in [0.15, 0.2) is 0 Å². The summed E-state index contributed by atoms with van der Waals surface area (Å²) in [5.74, 6) is 0.691. The van der Waals surface area contributed by atoms with Crippen molar-refractivity contribution in [3.8, 4) is 17.0 Å². The minimum atomic E-state index is -0.139. The zero-order valence-corrected chi connectivity index (χ0v) is 10.4. The quantitative estimate of drug-likeness (QED) is 0.893. The van der Waals surface area contributed by atoms with Gasteiger partial charge >= 0.3 is 0 Å². The number of hydrogen-bond donors (Lipinski definition) is 1. The van der Waals surface area contributed by atoms with Crippen LogP contribution in [0.25, 0.3) is 11.3 Å². The maximum Gasteiger partial charge on any atom is 0.254 e. The number of rotatable bonds is 4. The van der Waals surface area contributed by atoms with E-state index in [1.807, 2.05) is 13.0 Å². The summed E-state index contributed by atoms with van der Waals surface area (Å²) >= 11 is 0. The Hall–Kier alpha value is -2.17. The van der Waals surface area contributed by atoms with Crippen LogP contribution in [0.3, 0.4) is 0 Å². The molecule has 0 saturated carbocycles. The van der Waals surface area contributed by atoms with Crippen LogP contribution in [0, 0.1) is 6.92 Å². The Labute approximate surface area is 105 Å². The Bertz CT molecular complexity index is 593. The van der Waals surface area contributed by atoms with Gasteiger partial charge in [-0.15, -0.1) is 0 Å². The Kier molecular flexibility index (Phi) is 3.72. The van der Waals surface area contributed by atoms with E-state index in [4.69, 9.17) is 4.74 Å². The predicted molar refractivity (Wildman–Crippen MR) is 68.6 cm³/mol. The number of hydrogen-bond acceptors (Lipinski definition) is 4. The minimum Gasteiger partial charge on any atom is -0.492 e. The Balaban J connectivity index is 2.38. The fourth-order valence-corrected chi connectivity index (χ4v) is 1.61. The highest BCUT2D eigenvalue weighted by molar-refractivity contribution is 5.62. The molecule has 5 heteroatoms. The normalized spacial score (nSPS) is 10.3. The second-order valence-electron chi connectivity index (χ2n) is 3.96. The lowest BCUT2D eigenvalue weighted by Gasteiger charge is -2.07. The number of nitrogens with one attached hydrogen (secondary N) is 1. The van der Waals surface area contributed by atoms with Crippen LogP contribution >= 0.6 is 0 Å². The van der Waals surface area contributed by atoms with Crippen LogP contribution in [0.2, 0.25) is 0 Å². The molecule has 0 aliphatic carbocycles. The molecule has 0 unspecified atom stereocenters. The highest BCUT2D eigenvalue weighted by atomic mass is 16.5. The number of nitrogens with zero attached hydrogens (tertiary/aromatic N) is 2. The standard InChI is InChI=1S/C13H15N3O2/c1-3-4-18-11-5-10(6-14-7-11)12-9(2)13(17)16-8-15-12/h5-8H,3-4H2,1-2H3,(H,15,16,17). The van der Waals surface area contributed by atoms with Crippen molar-refractivity contribution in [2.45, 2.75) is 20.3 Å². The first-order chi connectivity index (χ1) is 8.72. The van der Waals surface area contributed by atoms with Gasteiger partial charge in [0.2, 0.25) is 0 Å². The largest absolute Gasteiger partial charge is 0.492 e. The molecule has 2 aromatic heterocycles. The van der Waals surface area contributed by atoms with Crippen molar-refractivity contribution in [1.82, 2.24) is 15.0 Å². The second-order valence-corrected chi connectivity index (χ2v) is 3.96. The molecule has 5 nitrogen and oxygen atoms in total. The molecule has 94 valence electrons. The molecule has 0 aliphatic heterocycles. The van der Waals surface area contributed by atoms with Crippen LogP contribution < -0.4 is 10.3 Å². The minimum absolute atomic E-state index is 0.139. The molecule has 0 amide bonds. The van der Waals surface area contributed by atoms with Crippen molar-refractivity contribution in [2.75, 3.05) is 6.61 Å². The average molecular weight is 245 g/mol. The van der Waals surface area contributed by atoms with Crippen LogP contribution in [-0.4, -0.2) is 21.6 Å².